The fourth-order valence-corrected chi connectivity index (χ4v) is 2.90. The smallest absolute Gasteiger partial charge is 0.0568 e. The van der Waals surface area contributed by atoms with Gasteiger partial charge in [-0.15, -0.1) is 0 Å². The lowest BCUT2D eigenvalue weighted by atomic mass is 9.73. The third-order valence-electron chi connectivity index (χ3n) is 4.16. The summed E-state index contributed by atoms with van der Waals surface area (Å²) in [5, 5.41) is 18.7. The number of unbranched alkanes of at least 4 members (excludes halogenated alkanes) is 2. The minimum atomic E-state index is -0.0656. The van der Waals surface area contributed by atoms with Crippen molar-refractivity contribution in [1.29, 1.82) is 0 Å². The molecular weight excluding hydrogens is 200 g/mol. The second-order valence-corrected chi connectivity index (χ2v) is 5.72. The maximum absolute atomic E-state index is 9.98. The van der Waals surface area contributed by atoms with Gasteiger partial charge >= 0.3 is 0 Å². The average Bonchev–Trinajstić information content (AvgIpc) is 2.26. The summed E-state index contributed by atoms with van der Waals surface area (Å²) in [7, 11) is 0. The average molecular weight is 228 g/mol. The van der Waals surface area contributed by atoms with Gasteiger partial charge in [-0.2, -0.15) is 0 Å². The van der Waals surface area contributed by atoms with E-state index in [2.05, 4.69) is 13.8 Å². The van der Waals surface area contributed by atoms with Crippen LogP contribution < -0.4 is 0 Å². The Morgan fingerprint density at radius 1 is 1.12 bits per heavy atom. The molecule has 1 fully saturated rings. The Hall–Kier alpha value is -0.0800. The van der Waals surface area contributed by atoms with Crippen LogP contribution in [0.3, 0.4) is 0 Å². The molecule has 0 aromatic heterocycles. The second-order valence-electron chi connectivity index (χ2n) is 5.72. The summed E-state index contributed by atoms with van der Waals surface area (Å²) in [4.78, 5) is 0. The molecule has 0 bridgehead atoms. The van der Waals surface area contributed by atoms with Crippen LogP contribution in [0.5, 0.6) is 0 Å². The van der Waals surface area contributed by atoms with Crippen molar-refractivity contribution in [2.45, 2.75) is 64.9 Å². The molecule has 96 valence electrons. The molecule has 3 atom stereocenters. The molecule has 1 saturated carbocycles. The first-order valence-electron chi connectivity index (χ1n) is 6.94. The highest BCUT2D eigenvalue weighted by atomic mass is 16.3. The third kappa shape index (κ3) is 4.42. The van der Waals surface area contributed by atoms with E-state index >= 15 is 0 Å². The van der Waals surface area contributed by atoms with Gasteiger partial charge in [0.25, 0.3) is 0 Å². The monoisotopic (exact) mass is 228 g/mol. The van der Waals surface area contributed by atoms with Crippen LogP contribution >= 0.6 is 0 Å². The maximum Gasteiger partial charge on any atom is 0.0568 e. The quantitative estimate of drug-likeness (QED) is 0.686. The second kappa shape index (κ2) is 7.29. The van der Waals surface area contributed by atoms with Crippen molar-refractivity contribution >= 4 is 0 Å². The van der Waals surface area contributed by atoms with Gasteiger partial charge in [-0.05, 0) is 49.9 Å². The van der Waals surface area contributed by atoms with E-state index in [0.717, 1.165) is 43.9 Å². The minimum absolute atomic E-state index is 0.0656. The van der Waals surface area contributed by atoms with Crippen LogP contribution in [-0.4, -0.2) is 22.9 Å². The van der Waals surface area contributed by atoms with Crippen molar-refractivity contribution in [2.75, 3.05) is 6.61 Å². The van der Waals surface area contributed by atoms with E-state index in [1.165, 1.54) is 12.8 Å². The molecule has 0 heterocycles. The zero-order valence-electron chi connectivity index (χ0n) is 10.9. The largest absolute Gasteiger partial charge is 0.396 e. The van der Waals surface area contributed by atoms with Gasteiger partial charge in [-0.3, -0.25) is 0 Å². The van der Waals surface area contributed by atoms with Crippen LogP contribution in [0, 0.1) is 17.8 Å². The van der Waals surface area contributed by atoms with Gasteiger partial charge in [0.2, 0.25) is 0 Å². The van der Waals surface area contributed by atoms with Gasteiger partial charge in [0, 0.05) is 6.61 Å². The summed E-state index contributed by atoms with van der Waals surface area (Å²) in [5.74, 6) is 2.08. The van der Waals surface area contributed by atoms with Crippen LogP contribution in [0.25, 0.3) is 0 Å². The highest BCUT2D eigenvalue weighted by molar-refractivity contribution is 4.81. The zero-order chi connectivity index (χ0) is 12.0. The minimum Gasteiger partial charge on any atom is -0.396 e. The standard InChI is InChI=1S/C14H28O2/c1-11(2)12-7-8-14(16)13(10-12)6-4-3-5-9-15/h11-16H,3-10H2,1-2H3. The Morgan fingerprint density at radius 3 is 2.50 bits per heavy atom. The number of hydrogen-bond donors (Lipinski definition) is 2. The molecule has 0 amide bonds. The van der Waals surface area contributed by atoms with Crippen molar-refractivity contribution in [3.05, 3.63) is 0 Å². The van der Waals surface area contributed by atoms with Crippen molar-refractivity contribution in [3.8, 4) is 0 Å². The van der Waals surface area contributed by atoms with Crippen LogP contribution in [-0.2, 0) is 0 Å². The molecule has 0 saturated heterocycles. The van der Waals surface area contributed by atoms with Crippen molar-refractivity contribution in [1.82, 2.24) is 0 Å². The molecular formula is C14H28O2. The van der Waals surface area contributed by atoms with Gasteiger partial charge in [0.15, 0.2) is 0 Å². The molecule has 1 aliphatic carbocycles. The normalized spacial score (nSPS) is 30.9. The van der Waals surface area contributed by atoms with Gasteiger partial charge < -0.3 is 10.2 Å². The third-order valence-corrected chi connectivity index (χ3v) is 4.16. The molecule has 2 nitrogen and oxygen atoms in total. The van der Waals surface area contributed by atoms with E-state index < -0.39 is 0 Å². The van der Waals surface area contributed by atoms with Crippen molar-refractivity contribution in [2.24, 2.45) is 17.8 Å². The van der Waals surface area contributed by atoms with E-state index in [1.807, 2.05) is 0 Å². The summed E-state index contributed by atoms with van der Waals surface area (Å²) in [6.07, 6.45) is 7.65. The Balaban J connectivity index is 2.26. The SMILES string of the molecule is CC(C)C1CCC(O)C(CCCCCO)C1. The van der Waals surface area contributed by atoms with E-state index in [9.17, 15) is 5.11 Å². The highest BCUT2D eigenvalue weighted by Gasteiger charge is 2.29. The van der Waals surface area contributed by atoms with E-state index in [-0.39, 0.29) is 6.10 Å². The number of hydrogen-bond acceptors (Lipinski definition) is 2. The Bertz CT molecular complexity index is 180. The summed E-state index contributed by atoms with van der Waals surface area (Å²) < 4.78 is 0. The van der Waals surface area contributed by atoms with Gasteiger partial charge in [0.05, 0.1) is 6.10 Å². The molecule has 0 aromatic rings. The van der Waals surface area contributed by atoms with E-state index in [0.29, 0.717) is 12.5 Å². The number of rotatable bonds is 6. The first kappa shape index (κ1) is 14.0. The van der Waals surface area contributed by atoms with Gasteiger partial charge in [0.1, 0.15) is 0 Å². The van der Waals surface area contributed by atoms with Crippen LogP contribution in [0.15, 0.2) is 0 Å². The molecule has 16 heavy (non-hydrogen) atoms. The number of aliphatic hydroxyl groups is 2. The lowest BCUT2D eigenvalue weighted by Crippen LogP contribution is -2.31. The fourth-order valence-electron chi connectivity index (χ4n) is 2.90. The molecule has 1 aliphatic rings. The van der Waals surface area contributed by atoms with Crippen LogP contribution in [0.1, 0.15) is 58.8 Å². The van der Waals surface area contributed by atoms with Crippen LogP contribution in [0.4, 0.5) is 0 Å². The Kier molecular flexibility index (Phi) is 6.37. The predicted molar refractivity (Wildman–Crippen MR) is 67.2 cm³/mol. The lowest BCUT2D eigenvalue weighted by molar-refractivity contribution is 0.0322. The maximum atomic E-state index is 9.98. The Morgan fingerprint density at radius 2 is 1.88 bits per heavy atom. The Labute approximate surface area is 100 Å². The molecule has 0 aromatic carbocycles. The summed E-state index contributed by atoms with van der Waals surface area (Å²) in [6.45, 7) is 4.90. The van der Waals surface area contributed by atoms with Gasteiger partial charge in [-0.25, -0.2) is 0 Å². The summed E-state index contributed by atoms with van der Waals surface area (Å²) >= 11 is 0. The molecule has 0 aliphatic heterocycles. The number of aliphatic hydroxyl groups excluding tert-OH is 2. The molecule has 0 spiro atoms. The molecule has 0 radical (unpaired) electrons. The molecule has 1 rings (SSSR count). The fraction of sp³-hybridized carbons (Fsp3) is 1.00. The van der Waals surface area contributed by atoms with E-state index in [4.69, 9.17) is 5.11 Å². The summed E-state index contributed by atoms with van der Waals surface area (Å²) in [6, 6.07) is 0. The van der Waals surface area contributed by atoms with Crippen LogP contribution in [0.2, 0.25) is 0 Å². The highest BCUT2D eigenvalue weighted by Crippen LogP contribution is 2.36. The van der Waals surface area contributed by atoms with Crippen molar-refractivity contribution < 1.29 is 10.2 Å². The van der Waals surface area contributed by atoms with Gasteiger partial charge in [-0.1, -0.05) is 26.7 Å². The summed E-state index contributed by atoms with van der Waals surface area (Å²) in [5.41, 5.74) is 0. The molecule has 3 unspecified atom stereocenters. The molecule has 2 heteroatoms. The van der Waals surface area contributed by atoms with Crippen molar-refractivity contribution in [3.63, 3.8) is 0 Å². The molecule has 2 N–H and O–H groups in total. The predicted octanol–water partition coefficient (Wildman–Crippen LogP) is 2.97. The topological polar surface area (TPSA) is 40.5 Å². The first-order valence-corrected chi connectivity index (χ1v) is 6.94. The lowest BCUT2D eigenvalue weighted by Gasteiger charge is -2.35. The van der Waals surface area contributed by atoms with E-state index in [1.54, 1.807) is 0 Å². The first-order chi connectivity index (χ1) is 7.65. The zero-order valence-corrected chi connectivity index (χ0v) is 10.9.